The Morgan fingerprint density at radius 3 is 2.65 bits per heavy atom. The van der Waals surface area contributed by atoms with Gasteiger partial charge in [0.05, 0.1) is 6.61 Å². The van der Waals surface area contributed by atoms with Gasteiger partial charge in [-0.3, -0.25) is 0 Å². The molecule has 0 bridgehead atoms. The number of unbranched alkanes of at least 4 members (excludes halogenated alkanes) is 1. The van der Waals surface area contributed by atoms with Gasteiger partial charge >= 0.3 is 0 Å². The van der Waals surface area contributed by atoms with Crippen molar-refractivity contribution in [2.24, 2.45) is 0 Å². The molecular weight excluding hydrogens is 237 g/mol. The molecule has 0 spiro atoms. The van der Waals surface area contributed by atoms with Crippen LogP contribution in [0.1, 0.15) is 12.8 Å². The first-order valence-electron chi connectivity index (χ1n) is 5.91. The minimum absolute atomic E-state index is 0.170. The van der Waals surface area contributed by atoms with Gasteiger partial charge in [-0.2, -0.15) is 0 Å². The van der Waals surface area contributed by atoms with E-state index in [1.54, 1.807) is 18.9 Å². The average molecular weight is 257 g/mol. The molecule has 1 aromatic rings. The lowest BCUT2D eigenvalue weighted by atomic mass is 10.3. The second-order valence-corrected chi connectivity index (χ2v) is 4.92. The van der Waals surface area contributed by atoms with E-state index in [9.17, 15) is 4.39 Å². The molecule has 1 rings (SSSR count). The maximum Gasteiger partial charge on any atom is 0.123 e. The highest BCUT2D eigenvalue weighted by molar-refractivity contribution is 7.99. The van der Waals surface area contributed by atoms with Crippen LogP contribution in [0.2, 0.25) is 0 Å². The van der Waals surface area contributed by atoms with Crippen molar-refractivity contribution in [2.45, 2.75) is 17.7 Å². The first kappa shape index (κ1) is 14.5. The number of thioether (sulfide) groups is 1. The van der Waals surface area contributed by atoms with Gasteiger partial charge in [0.2, 0.25) is 0 Å². The number of benzene rings is 1. The molecule has 0 heterocycles. The summed E-state index contributed by atoms with van der Waals surface area (Å²) in [4.78, 5) is 1.14. The molecule has 0 saturated heterocycles. The van der Waals surface area contributed by atoms with Crippen molar-refractivity contribution in [1.82, 2.24) is 5.32 Å². The molecule has 0 aliphatic carbocycles. The van der Waals surface area contributed by atoms with Gasteiger partial charge in [-0.05, 0) is 49.4 Å². The SMILES string of the molecule is COCCNCCCCSc1ccc(F)cc1. The molecule has 0 aromatic heterocycles. The van der Waals surface area contributed by atoms with Crippen LogP contribution in [0.5, 0.6) is 0 Å². The molecule has 1 aromatic carbocycles. The summed E-state index contributed by atoms with van der Waals surface area (Å²) in [5.41, 5.74) is 0. The average Bonchev–Trinajstić information content (AvgIpc) is 2.35. The fourth-order valence-corrected chi connectivity index (χ4v) is 2.28. The summed E-state index contributed by atoms with van der Waals surface area (Å²) < 4.78 is 17.6. The van der Waals surface area contributed by atoms with Crippen LogP contribution >= 0.6 is 11.8 Å². The van der Waals surface area contributed by atoms with E-state index in [1.807, 2.05) is 12.1 Å². The van der Waals surface area contributed by atoms with E-state index in [1.165, 1.54) is 18.6 Å². The Balaban J connectivity index is 1.95. The molecule has 0 amide bonds. The second kappa shape index (κ2) is 9.45. The maximum absolute atomic E-state index is 12.6. The Hall–Kier alpha value is -0.580. The molecule has 0 fully saturated rings. The van der Waals surface area contributed by atoms with Gasteiger partial charge in [0, 0.05) is 18.6 Å². The van der Waals surface area contributed by atoms with Crippen molar-refractivity contribution in [1.29, 1.82) is 0 Å². The molecule has 0 saturated carbocycles. The van der Waals surface area contributed by atoms with Crippen molar-refractivity contribution < 1.29 is 9.13 Å². The Morgan fingerprint density at radius 2 is 1.94 bits per heavy atom. The van der Waals surface area contributed by atoms with Gasteiger partial charge < -0.3 is 10.1 Å². The third-order valence-electron chi connectivity index (χ3n) is 2.31. The number of hydrogen-bond donors (Lipinski definition) is 1. The molecule has 0 radical (unpaired) electrons. The van der Waals surface area contributed by atoms with Crippen LogP contribution in [0.25, 0.3) is 0 Å². The van der Waals surface area contributed by atoms with E-state index in [0.29, 0.717) is 0 Å². The van der Waals surface area contributed by atoms with Crippen molar-refractivity contribution in [3.8, 4) is 0 Å². The number of halogens is 1. The lowest BCUT2D eigenvalue weighted by molar-refractivity contribution is 0.199. The number of methoxy groups -OCH3 is 1. The zero-order valence-corrected chi connectivity index (χ0v) is 11.1. The highest BCUT2D eigenvalue weighted by atomic mass is 32.2. The summed E-state index contributed by atoms with van der Waals surface area (Å²) in [6.45, 7) is 2.72. The van der Waals surface area contributed by atoms with Crippen LogP contribution in [0.4, 0.5) is 4.39 Å². The normalized spacial score (nSPS) is 10.7. The minimum Gasteiger partial charge on any atom is -0.383 e. The highest BCUT2D eigenvalue weighted by Crippen LogP contribution is 2.19. The first-order chi connectivity index (χ1) is 8.33. The van der Waals surface area contributed by atoms with Crippen LogP contribution in [0.15, 0.2) is 29.2 Å². The predicted molar refractivity (Wildman–Crippen MR) is 71.1 cm³/mol. The molecular formula is C13H20FNOS. The fraction of sp³-hybridized carbons (Fsp3) is 0.538. The van der Waals surface area contributed by atoms with Crippen molar-refractivity contribution >= 4 is 11.8 Å². The zero-order chi connectivity index (χ0) is 12.3. The van der Waals surface area contributed by atoms with Crippen molar-refractivity contribution in [2.75, 3.05) is 32.6 Å². The topological polar surface area (TPSA) is 21.3 Å². The predicted octanol–water partition coefficient (Wildman–Crippen LogP) is 2.93. The fourth-order valence-electron chi connectivity index (χ4n) is 1.37. The molecule has 0 aliphatic rings. The quantitative estimate of drug-likeness (QED) is 0.543. The first-order valence-corrected chi connectivity index (χ1v) is 6.89. The molecule has 2 nitrogen and oxygen atoms in total. The van der Waals surface area contributed by atoms with Crippen LogP contribution in [0, 0.1) is 5.82 Å². The van der Waals surface area contributed by atoms with Crippen molar-refractivity contribution in [3.05, 3.63) is 30.1 Å². The Kier molecular flexibility index (Phi) is 8.05. The second-order valence-electron chi connectivity index (χ2n) is 3.75. The number of rotatable bonds is 9. The molecule has 0 unspecified atom stereocenters. The smallest absolute Gasteiger partial charge is 0.123 e. The summed E-state index contributed by atoms with van der Waals surface area (Å²) in [6.07, 6.45) is 2.33. The molecule has 96 valence electrons. The van der Waals surface area contributed by atoms with Gasteiger partial charge in [-0.1, -0.05) is 0 Å². The van der Waals surface area contributed by atoms with E-state index < -0.39 is 0 Å². The third kappa shape index (κ3) is 7.36. The molecule has 4 heteroatoms. The van der Waals surface area contributed by atoms with Crippen molar-refractivity contribution in [3.63, 3.8) is 0 Å². The molecule has 17 heavy (non-hydrogen) atoms. The summed E-state index contributed by atoms with van der Waals surface area (Å²) in [7, 11) is 1.71. The van der Waals surface area contributed by atoms with Gasteiger partial charge in [-0.25, -0.2) is 4.39 Å². The van der Waals surface area contributed by atoms with E-state index in [4.69, 9.17) is 4.74 Å². The van der Waals surface area contributed by atoms with Gasteiger partial charge in [0.1, 0.15) is 5.82 Å². The van der Waals surface area contributed by atoms with Gasteiger partial charge in [0.25, 0.3) is 0 Å². The van der Waals surface area contributed by atoms with E-state index >= 15 is 0 Å². The van der Waals surface area contributed by atoms with Crippen LogP contribution in [-0.4, -0.2) is 32.6 Å². The maximum atomic E-state index is 12.6. The van der Waals surface area contributed by atoms with Crippen LogP contribution < -0.4 is 5.32 Å². The molecule has 1 N–H and O–H groups in total. The lowest BCUT2D eigenvalue weighted by Crippen LogP contribution is -2.20. The largest absolute Gasteiger partial charge is 0.383 e. The standard InChI is InChI=1S/C13H20FNOS/c1-16-10-9-15-8-2-3-11-17-13-6-4-12(14)5-7-13/h4-7,15H,2-3,8-11H2,1H3. The monoisotopic (exact) mass is 257 g/mol. The Morgan fingerprint density at radius 1 is 1.18 bits per heavy atom. The molecule has 0 atom stereocenters. The Bertz CT molecular complexity index is 292. The lowest BCUT2D eigenvalue weighted by Gasteiger charge is -2.04. The summed E-state index contributed by atoms with van der Waals surface area (Å²) >= 11 is 1.78. The Labute approximate surface area is 107 Å². The third-order valence-corrected chi connectivity index (χ3v) is 3.41. The highest BCUT2D eigenvalue weighted by Gasteiger charge is 1.95. The van der Waals surface area contributed by atoms with Gasteiger partial charge in [-0.15, -0.1) is 11.8 Å². The van der Waals surface area contributed by atoms with Gasteiger partial charge in [0.15, 0.2) is 0 Å². The molecule has 0 aliphatic heterocycles. The van der Waals surface area contributed by atoms with E-state index in [-0.39, 0.29) is 5.82 Å². The zero-order valence-electron chi connectivity index (χ0n) is 10.2. The number of hydrogen-bond acceptors (Lipinski definition) is 3. The summed E-state index contributed by atoms with van der Waals surface area (Å²) in [6, 6.07) is 6.68. The number of nitrogens with one attached hydrogen (secondary N) is 1. The summed E-state index contributed by atoms with van der Waals surface area (Å²) in [5, 5.41) is 3.31. The van der Waals surface area contributed by atoms with E-state index in [0.717, 1.165) is 36.8 Å². The minimum atomic E-state index is -0.170. The summed E-state index contributed by atoms with van der Waals surface area (Å²) in [5.74, 6) is 0.911. The van der Waals surface area contributed by atoms with Crippen LogP contribution in [0.3, 0.4) is 0 Å². The van der Waals surface area contributed by atoms with E-state index in [2.05, 4.69) is 5.32 Å². The number of ether oxygens (including phenoxy) is 1. The van der Waals surface area contributed by atoms with Crippen LogP contribution in [-0.2, 0) is 4.74 Å².